The van der Waals surface area contributed by atoms with Gasteiger partial charge < -0.3 is 63.3 Å². The second kappa shape index (κ2) is 55.2. The van der Waals surface area contributed by atoms with Crippen LogP contribution in [0.15, 0.2) is 203 Å². The monoisotopic (exact) mass is 1950 g/mol. The van der Waals surface area contributed by atoms with E-state index < -0.39 is 11.8 Å². The number of nitrogens with one attached hydrogen (secondary N) is 3. The van der Waals surface area contributed by atoms with Gasteiger partial charge >= 0.3 is 17.9 Å². The molecule has 19 nitrogen and oxygen atoms in total. The number of carbonyl (C=O) groups is 6. The van der Waals surface area contributed by atoms with Gasteiger partial charge in [0.2, 0.25) is 0 Å². The molecule has 726 valence electrons. The summed E-state index contributed by atoms with van der Waals surface area (Å²) < 4.78 is 70.8. The van der Waals surface area contributed by atoms with Crippen molar-refractivity contribution in [2.45, 2.75) is 219 Å². The first-order chi connectivity index (χ1) is 65.1. The van der Waals surface area contributed by atoms with Gasteiger partial charge in [-0.2, -0.15) is 12.6 Å². The predicted molar refractivity (Wildman–Crippen MR) is 557 cm³/mol. The molecule has 3 N–H and O–H groups in total. The van der Waals surface area contributed by atoms with Crippen molar-refractivity contribution in [1.29, 1.82) is 0 Å². The molecule has 0 aliphatic carbocycles. The van der Waals surface area contributed by atoms with E-state index in [0.29, 0.717) is 66.6 Å². The summed E-state index contributed by atoms with van der Waals surface area (Å²) in [6.45, 7) is 47.3. The Kier molecular flexibility index (Phi) is 45.0. The molecule has 0 spiro atoms. The number of thioether (sulfide) groups is 3. The average molecular weight is 1960 g/mol. The Morgan fingerprint density at radius 2 is 0.562 bits per heavy atom. The van der Waals surface area contributed by atoms with Gasteiger partial charge in [0.1, 0.15) is 103 Å². The maximum Gasteiger partial charge on any atom is 0.308 e. The molecular weight excluding hydrogens is 1830 g/mol. The Morgan fingerprint density at radius 3 is 0.942 bits per heavy atom. The molecule has 0 saturated heterocycles. The summed E-state index contributed by atoms with van der Waals surface area (Å²) in [7, 11) is 4.89. The lowest BCUT2D eigenvalue weighted by atomic mass is 10.1. The fraction of sp³-hybridized carbons (Fsp3) is 0.304. The van der Waals surface area contributed by atoms with Crippen molar-refractivity contribution in [2.75, 3.05) is 27.7 Å². The van der Waals surface area contributed by atoms with E-state index in [9.17, 15) is 33.2 Å². The van der Waals surface area contributed by atoms with E-state index in [2.05, 4.69) is 146 Å². The van der Waals surface area contributed by atoms with Crippen LogP contribution in [-0.4, -0.2) is 61.4 Å². The Bertz CT molecular complexity index is 6120. The summed E-state index contributed by atoms with van der Waals surface area (Å²) in [6, 6.07) is 59.4. The standard InChI is InChI=1S/C20H25NO3S.C19H23NO2S2.C19H23NO2S.C18H19ClO3.C18H19FO3.C18H20O3/c1-6-23-17-8-7-9-19(25-20(22)21-5)16(17)12-24-18-11-14(3)13(2)10-15(18)4;1-12-8-14(3)17(9-13(12)2)22-10-16-15(11-23)6-5-7-18(16)24-19(21)20-4;1-12-7-6-8-18(23-19(21)20-5)16(12)11-22-17-10-14(3)13(2)9-15(17)4;2*1-11-8-13(3)18(9-12(11)2)21-10-15-16(19)6-5-7-17(15)22-14(4)20;1-12-9-14(3)18(10-13(12)2)20-11-16-7-5-6-8-17(16)21-15(4)19/h7-11H,6,12H2,1-5H3,(H,21,22);5-9,23H,10-11H2,1-4H3,(H,20,21);6-10H,11H2,1-5H3,(H,20,21);2*5-9H,10H2,1-4H3;5-10H,11H2,1-4H3. The van der Waals surface area contributed by atoms with Crippen LogP contribution in [-0.2, 0) is 59.8 Å². The third kappa shape index (κ3) is 34.7. The van der Waals surface area contributed by atoms with Crippen LogP contribution in [0.2, 0.25) is 5.02 Å². The molecule has 0 heterocycles. The van der Waals surface area contributed by atoms with Crippen LogP contribution in [0, 0.1) is 137 Å². The number of esters is 3. The average Bonchev–Trinajstić information content (AvgIpc) is 0.824. The normalized spacial score (nSPS) is 10.4. The SMILES string of the molecule is CC(=O)Oc1cccc(Cl)c1COc1cc(C)c(C)cc1C.CC(=O)Oc1cccc(F)c1COc1cc(C)c(C)cc1C.CC(=O)Oc1ccccc1COc1cc(C)c(C)cc1C.CCOc1cccc(SC(=O)NC)c1COc1cc(C)c(C)cc1C.CNC(=O)Sc1cccc(C)c1COc1cc(C)c(C)cc1C.CNC(=O)Sc1cccc(CS)c1COc1cc(C)c(C)cc1C. The van der Waals surface area contributed by atoms with Crippen LogP contribution in [0.3, 0.4) is 0 Å². The van der Waals surface area contributed by atoms with Crippen molar-refractivity contribution in [3.8, 4) is 57.5 Å². The lowest BCUT2D eigenvalue weighted by molar-refractivity contribution is -0.132. The highest BCUT2D eigenvalue weighted by Crippen LogP contribution is 2.38. The highest BCUT2D eigenvalue weighted by molar-refractivity contribution is 8.14. The van der Waals surface area contributed by atoms with E-state index >= 15 is 0 Å². The largest absolute Gasteiger partial charge is 0.493 e. The van der Waals surface area contributed by atoms with Crippen LogP contribution in [0.25, 0.3) is 0 Å². The number of hydrogen-bond acceptors (Lipinski definition) is 20. The highest BCUT2D eigenvalue weighted by Gasteiger charge is 2.21. The number of thiol groups is 1. The number of hydrogen-bond donors (Lipinski definition) is 4. The third-order valence-electron chi connectivity index (χ3n) is 22.3. The summed E-state index contributed by atoms with van der Waals surface area (Å²) in [4.78, 5) is 71.3. The summed E-state index contributed by atoms with van der Waals surface area (Å²) in [6.07, 6.45) is 0. The second-order valence-corrected chi connectivity index (χ2v) is 36.7. The molecule has 0 aliphatic rings. The molecule has 0 unspecified atom stereocenters. The van der Waals surface area contributed by atoms with E-state index in [1.807, 2.05) is 166 Å². The van der Waals surface area contributed by atoms with Crippen molar-refractivity contribution in [2.24, 2.45) is 0 Å². The van der Waals surface area contributed by atoms with Crippen LogP contribution >= 0.6 is 59.5 Å². The van der Waals surface area contributed by atoms with Gasteiger partial charge in [0.15, 0.2) is 0 Å². The van der Waals surface area contributed by atoms with Crippen molar-refractivity contribution in [3.05, 3.63) is 344 Å². The number of aryl methyl sites for hydroxylation is 19. The third-order valence-corrected chi connectivity index (χ3v) is 25.9. The van der Waals surface area contributed by atoms with Crippen molar-refractivity contribution in [1.82, 2.24) is 16.0 Å². The molecule has 0 aliphatic heterocycles. The summed E-state index contributed by atoms with van der Waals surface area (Å²) in [5.74, 6) is 5.84. The van der Waals surface area contributed by atoms with Crippen molar-refractivity contribution >= 4 is 93.1 Å². The van der Waals surface area contributed by atoms with Crippen molar-refractivity contribution < 1.29 is 80.5 Å². The van der Waals surface area contributed by atoms with Crippen LogP contribution < -0.4 is 63.3 Å². The van der Waals surface area contributed by atoms with Gasteiger partial charge in [0.05, 0.1) is 22.8 Å². The zero-order valence-electron chi connectivity index (χ0n) is 83.5. The fourth-order valence-corrected chi connectivity index (χ4v) is 16.5. The smallest absolute Gasteiger partial charge is 0.308 e. The number of para-hydroxylation sites is 1. The first-order valence-electron chi connectivity index (χ1n) is 44.7. The van der Waals surface area contributed by atoms with Gasteiger partial charge in [-0.1, -0.05) is 109 Å². The topological polar surface area (TPSA) is 231 Å². The maximum absolute atomic E-state index is 14.0. The van der Waals surface area contributed by atoms with Gasteiger partial charge in [0, 0.05) is 84.6 Å². The molecule has 12 rings (SSSR count). The molecule has 12 aromatic carbocycles. The van der Waals surface area contributed by atoms with Gasteiger partial charge in [-0.25, -0.2) is 4.39 Å². The zero-order valence-corrected chi connectivity index (χ0v) is 87.6. The first kappa shape index (κ1) is 112. The molecule has 0 bridgehead atoms. The van der Waals surface area contributed by atoms with Gasteiger partial charge in [-0.3, -0.25) is 28.8 Å². The Balaban J connectivity index is 0.000000224. The Morgan fingerprint density at radius 1 is 0.285 bits per heavy atom. The molecule has 0 saturated carbocycles. The van der Waals surface area contributed by atoms with E-state index in [-0.39, 0.29) is 52.2 Å². The van der Waals surface area contributed by atoms with Crippen LogP contribution in [0.5, 0.6) is 57.5 Å². The maximum atomic E-state index is 14.0. The lowest BCUT2D eigenvalue weighted by Crippen LogP contribution is -2.12. The molecule has 12 aromatic rings. The summed E-state index contributed by atoms with van der Waals surface area (Å²) >= 11 is 14.1. The predicted octanol–water partition coefficient (Wildman–Crippen LogP) is 28.1. The molecule has 0 radical (unpaired) electrons. The van der Waals surface area contributed by atoms with E-state index in [0.717, 1.165) is 133 Å². The molecule has 0 fully saturated rings. The number of amides is 3. The minimum Gasteiger partial charge on any atom is -0.493 e. The summed E-state index contributed by atoms with van der Waals surface area (Å²) in [5.41, 5.74) is 27.9. The number of carbonyl (C=O) groups excluding carboxylic acids is 6. The number of ether oxygens (including phenoxy) is 10. The highest BCUT2D eigenvalue weighted by atomic mass is 35.5. The van der Waals surface area contributed by atoms with E-state index in [1.165, 1.54) is 118 Å². The minimum absolute atomic E-state index is 0.00136. The quantitative estimate of drug-likeness (QED) is 0.0162. The second-order valence-electron chi connectivity index (χ2n) is 33.0. The van der Waals surface area contributed by atoms with E-state index in [1.54, 1.807) is 51.5 Å². The van der Waals surface area contributed by atoms with Gasteiger partial charge in [-0.05, 0) is 376 Å². The number of benzene rings is 12. The zero-order chi connectivity index (χ0) is 101. The number of halogens is 2. The van der Waals surface area contributed by atoms with Crippen LogP contribution in [0.4, 0.5) is 18.8 Å². The van der Waals surface area contributed by atoms with Gasteiger partial charge in [0.25, 0.3) is 15.7 Å². The van der Waals surface area contributed by atoms with Crippen molar-refractivity contribution in [3.63, 3.8) is 0 Å². The lowest BCUT2D eigenvalue weighted by Gasteiger charge is -2.17. The molecule has 0 atom stereocenters. The molecule has 3 amide bonds. The molecule has 25 heteroatoms. The Hall–Kier alpha value is -12.3. The van der Waals surface area contributed by atoms with Gasteiger partial charge in [-0.15, -0.1) is 0 Å². The van der Waals surface area contributed by atoms with E-state index in [4.69, 9.17) is 59.0 Å². The van der Waals surface area contributed by atoms with Crippen LogP contribution in [0.1, 0.15) is 172 Å². The molecular formula is C112H129ClFN3O16S4. The minimum atomic E-state index is -0.491. The first-order valence-corrected chi connectivity index (χ1v) is 48.2. The number of rotatable bonds is 27. The molecule has 137 heavy (non-hydrogen) atoms. The summed E-state index contributed by atoms with van der Waals surface area (Å²) in [5, 5.41) is 8.15. The fourth-order valence-electron chi connectivity index (χ4n) is 13.7. The molecule has 0 aromatic heterocycles. The Labute approximate surface area is 831 Å².